The molecule has 0 bridgehead atoms. The van der Waals surface area contributed by atoms with Gasteiger partial charge in [-0.15, -0.1) is 0 Å². The number of fused-ring (bicyclic) bond motifs is 1. The maximum Gasteiger partial charge on any atom is 0.335 e. The molecule has 0 atom stereocenters. The van der Waals surface area contributed by atoms with Gasteiger partial charge in [-0.1, -0.05) is 25.1 Å². The van der Waals surface area contributed by atoms with Crippen molar-refractivity contribution in [2.45, 2.75) is 32.7 Å². The Balaban J connectivity index is 2.28. The third-order valence-electron chi connectivity index (χ3n) is 3.63. The van der Waals surface area contributed by atoms with E-state index in [1.807, 2.05) is 31.2 Å². The molecule has 1 N–H and O–H groups in total. The number of hydrogen-bond acceptors (Lipinski definition) is 2. The molecule has 0 aliphatic carbocycles. The summed E-state index contributed by atoms with van der Waals surface area (Å²) in [5.74, 6) is 0.110. The Labute approximate surface area is 105 Å². The summed E-state index contributed by atoms with van der Waals surface area (Å²) in [4.78, 5) is 12.3. The van der Waals surface area contributed by atoms with E-state index in [1.165, 1.54) is 4.57 Å². The van der Waals surface area contributed by atoms with Crippen LogP contribution in [0, 0.1) is 0 Å². The first-order valence-electron chi connectivity index (χ1n) is 6.35. The van der Waals surface area contributed by atoms with Crippen molar-refractivity contribution in [3.05, 3.63) is 46.0 Å². The van der Waals surface area contributed by atoms with Crippen molar-refractivity contribution in [2.75, 3.05) is 0 Å². The number of rotatable bonds is 2. The second-order valence-electron chi connectivity index (χ2n) is 4.63. The standard InChI is InChI=1S/C14H16N2O2/c1-2-10-6-3-4-7-11(10)16-13(17)12-8-5-9-15(12)14(16)18/h3-4,6-7,17H,2,5,8-9H2,1H3. The van der Waals surface area contributed by atoms with Gasteiger partial charge in [0.05, 0.1) is 11.4 Å². The minimum absolute atomic E-state index is 0.110. The van der Waals surface area contributed by atoms with E-state index < -0.39 is 0 Å². The summed E-state index contributed by atoms with van der Waals surface area (Å²) in [6, 6.07) is 7.72. The zero-order valence-corrected chi connectivity index (χ0v) is 10.4. The molecular formula is C14H16N2O2. The molecule has 1 aromatic carbocycles. The van der Waals surface area contributed by atoms with Crippen LogP contribution in [0.25, 0.3) is 5.69 Å². The number of hydrogen-bond donors (Lipinski definition) is 1. The van der Waals surface area contributed by atoms with E-state index in [-0.39, 0.29) is 11.6 Å². The molecule has 0 saturated carbocycles. The van der Waals surface area contributed by atoms with Gasteiger partial charge >= 0.3 is 5.69 Å². The van der Waals surface area contributed by atoms with E-state index >= 15 is 0 Å². The monoisotopic (exact) mass is 244 g/mol. The fourth-order valence-corrected chi connectivity index (χ4v) is 2.70. The van der Waals surface area contributed by atoms with Crippen molar-refractivity contribution in [3.8, 4) is 11.6 Å². The lowest BCUT2D eigenvalue weighted by atomic mass is 10.1. The Hall–Kier alpha value is -1.97. The Morgan fingerprint density at radius 3 is 2.83 bits per heavy atom. The van der Waals surface area contributed by atoms with Gasteiger partial charge in [-0.25, -0.2) is 9.36 Å². The number of aromatic hydroxyl groups is 1. The third-order valence-corrected chi connectivity index (χ3v) is 3.63. The molecule has 0 saturated heterocycles. The summed E-state index contributed by atoms with van der Waals surface area (Å²) in [6.45, 7) is 2.76. The minimum atomic E-state index is -0.124. The smallest absolute Gasteiger partial charge is 0.335 e. The molecule has 0 amide bonds. The molecule has 0 spiro atoms. The molecule has 0 unspecified atom stereocenters. The van der Waals surface area contributed by atoms with E-state index in [9.17, 15) is 9.90 Å². The van der Waals surface area contributed by atoms with Gasteiger partial charge in [-0.3, -0.25) is 4.57 Å². The maximum atomic E-state index is 12.3. The largest absolute Gasteiger partial charge is 0.493 e. The number of nitrogens with zero attached hydrogens (tertiary/aromatic N) is 2. The quantitative estimate of drug-likeness (QED) is 0.876. The highest BCUT2D eigenvalue weighted by Crippen LogP contribution is 2.27. The van der Waals surface area contributed by atoms with Crippen molar-refractivity contribution in [1.29, 1.82) is 0 Å². The van der Waals surface area contributed by atoms with E-state index in [2.05, 4.69) is 0 Å². The van der Waals surface area contributed by atoms with Crippen LogP contribution in [0.3, 0.4) is 0 Å². The first-order valence-corrected chi connectivity index (χ1v) is 6.35. The van der Waals surface area contributed by atoms with Gasteiger partial charge in [-0.05, 0) is 30.9 Å². The molecule has 0 fully saturated rings. The van der Waals surface area contributed by atoms with Crippen LogP contribution < -0.4 is 5.69 Å². The molecule has 2 aromatic rings. The van der Waals surface area contributed by atoms with Crippen molar-refractivity contribution < 1.29 is 5.11 Å². The molecule has 1 aliphatic heterocycles. The van der Waals surface area contributed by atoms with Crippen LogP contribution in [-0.2, 0) is 19.4 Å². The first kappa shape index (κ1) is 11.1. The topological polar surface area (TPSA) is 47.2 Å². The fraction of sp³-hybridized carbons (Fsp3) is 0.357. The molecule has 4 nitrogen and oxygen atoms in total. The third kappa shape index (κ3) is 1.41. The summed E-state index contributed by atoms with van der Waals surface area (Å²) in [6.07, 6.45) is 2.55. The molecular weight excluding hydrogens is 228 g/mol. The number of aryl methyl sites for hydroxylation is 1. The van der Waals surface area contributed by atoms with Gasteiger partial charge in [0.25, 0.3) is 0 Å². The average molecular weight is 244 g/mol. The van der Waals surface area contributed by atoms with Crippen LogP contribution >= 0.6 is 0 Å². The van der Waals surface area contributed by atoms with Crippen molar-refractivity contribution in [3.63, 3.8) is 0 Å². The molecule has 0 radical (unpaired) electrons. The predicted molar refractivity (Wildman–Crippen MR) is 69.4 cm³/mol. The second kappa shape index (κ2) is 4.05. The molecule has 2 heterocycles. The Kier molecular flexibility index (Phi) is 2.51. The van der Waals surface area contributed by atoms with Crippen LogP contribution in [0.15, 0.2) is 29.1 Å². The van der Waals surface area contributed by atoms with Crippen molar-refractivity contribution >= 4 is 0 Å². The zero-order valence-electron chi connectivity index (χ0n) is 10.4. The Morgan fingerprint density at radius 2 is 2.11 bits per heavy atom. The zero-order chi connectivity index (χ0) is 12.7. The summed E-state index contributed by atoms with van der Waals surface area (Å²) >= 11 is 0. The van der Waals surface area contributed by atoms with Crippen LogP contribution in [-0.4, -0.2) is 14.2 Å². The van der Waals surface area contributed by atoms with E-state index in [0.717, 1.165) is 36.2 Å². The highest BCUT2D eigenvalue weighted by atomic mass is 16.3. The normalized spacial score (nSPS) is 13.8. The summed E-state index contributed by atoms with van der Waals surface area (Å²) in [5, 5.41) is 10.2. The summed E-state index contributed by atoms with van der Waals surface area (Å²) in [5.41, 5.74) is 2.51. The highest BCUT2D eigenvalue weighted by Gasteiger charge is 2.24. The lowest BCUT2D eigenvalue weighted by Crippen LogP contribution is -2.23. The SMILES string of the molecule is CCc1ccccc1-n1c(O)c2n(c1=O)CCC2. The van der Waals surface area contributed by atoms with Gasteiger partial charge in [0.15, 0.2) is 0 Å². The van der Waals surface area contributed by atoms with E-state index in [4.69, 9.17) is 0 Å². The number of benzene rings is 1. The number of aromatic nitrogens is 2. The van der Waals surface area contributed by atoms with Crippen molar-refractivity contribution in [1.82, 2.24) is 9.13 Å². The highest BCUT2D eigenvalue weighted by molar-refractivity contribution is 5.45. The van der Waals surface area contributed by atoms with Gasteiger partial charge in [0, 0.05) is 6.54 Å². The predicted octanol–water partition coefficient (Wildman–Crippen LogP) is 1.85. The molecule has 1 aromatic heterocycles. The molecule has 1 aliphatic rings. The van der Waals surface area contributed by atoms with Gasteiger partial charge in [-0.2, -0.15) is 0 Å². The Bertz CT molecular complexity index is 652. The fourth-order valence-electron chi connectivity index (χ4n) is 2.70. The van der Waals surface area contributed by atoms with E-state index in [0.29, 0.717) is 6.54 Å². The molecule has 18 heavy (non-hydrogen) atoms. The van der Waals surface area contributed by atoms with Gasteiger partial charge < -0.3 is 5.11 Å². The Morgan fingerprint density at radius 1 is 1.33 bits per heavy atom. The second-order valence-corrected chi connectivity index (χ2v) is 4.63. The van der Waals surface area contributed by atoms with Gasteiger partial charge in [0.2, 0.25) is 5.88 Å². The lowest BCUT2D eigenvalue weighted by Gasteiger charge is -2.09. The number of imidazole rings is 1. The average Bonchev–Trinajstić information content (AvgIpc) is 2.95. The summed E-state index contributed by atoms with van der Waals surface area (Å²) < 4.78 is 3.12. The van der Waals surface area contributed by atoms with Crippen LogP contribution in [0.1, 0.15) is 24.6 Å². The molecule has 3 rings (SSSR count). The van der Waals surface area contributed by atoms with Crippen molar-refractivity contribution in [2.24, 2.45) is 0 Å². The first-order chi connectivity index (χ1) is 8.74. The lowest BCUT2D eigenvalue weighted by molar-refractivity contribution is 0.434. The molecule has 4 heteroatoms. The van der Waals surface area contributed by atoms with Crippen LogP contribution in [0.5, 0.6) is 5.88 Å². The minimum Gasteiger partial charge on any atom is -0.493 e. The summed E-state index contributed by atoms with van der Waals surface area (Å²) in [7, 11) is 0. The van der Waals surface area contributed by atoms with Crippen LogP contribution in [0.2, 0.25) is 0 Å². The van der Waals surface area contributed by atoms with Gasteiger partial charge in [0.1, 0.15) is 0 Å². The molecule has 94 valence electrons. The van der Waals surface area contributed by atoms with Crippen LogP contribution in [0.4, 0.5) is 0 Å². The van der Waals surface area contributed by atoms with E-state index in [1.54, 1.807) is 4.57 Å². The number of para-hydroxylation sites is 1. The maximum absolute atomic E-state index is 12.3.